The Bertz CT molecular complexity index is 348. The van der Waals surface area contributed by atoms with Gasteiger partial charge in [-0.05, 0) is 18.9 Å². The first-order chi connectivity index (χ1) is 8.69. The highest BCUT2D eigenvalue weighted by molar-refractivity contribution is 5.79. The molecule has 0 saturated carbocycles. The number of hydrogen-bond acceptors (Lipinski definition) is 3. The van der Waals surface area contributed by atoms with E-state index in [2.05, 4.69) is 6.92 Å². The SMILES string of the molecule is CCCCC(OC(OC)C(C)=O)c1ccccc1. The standard InChI is InChI=1S/C15H22O3/c1-4-5-11-14(13-9-7-6-8-10-13)18-15(17-3)12(2)16/h6-10,14-15H,4-5,11H2,1-3H3. The van der Waals surface area contributed by atoms with Gasteiger partial charge in [-0.2, -0.15) is 0 Å². The number of carbonyl (C=O) groups excluding carboxylic acids is 1. The lowest BCUT2D eigenvalue weighted by molar-refractivity contribution is -0.176. The minimum Gasteiger partial charge on any atom is -0.349 e. The molecule has 2 atom stereocenters. The summed E-state index contributed by atoms with van der Waals surface area (Å²) in [4.78, 5) is 11.4. The molecule has 1 rings (SSSR count). The first-order valence-corrected chi connectivity index (χ1v) is 6.42. The van der Waals surface area contributed by atoms with Crippen LogP contribution in [-0.2, 0) is 14.3 Å². The van der Waals surface area contributed by atoms with Crippen LogP contribution in [0.4, 0.5) is 0 Å². The molecule has 2 unspecified atom stereocenters. The van der Waals surface area contributed by atoms with Crippen LogP contribution in [0.15, 0.2) is 30.3 Å². The van der Waals surface area contributed by atoms with Crippen LogP contribution in [0.3, 0.4) is 0 Å². The molecule has 0 amide bonds. The lowest BCUT2D eigenvalue weighted by Gasteiger charge is -2.22. The van der Waals surface area contributed by atoms with Gasteiger partial charge in [0.1, 0.15) is 0 Å². The summed E-state index contributed by atoms with van der Waals surface area (Å²) < 4.78 is 10.8. The largest absolute Gasteiger partial charge is 0.349 e. The summed E-state index contributed by atoms with van der Waals surface area (Å²) in [5.41, 5.74) is 1.09. The van der Waals surface area contributed by atoms with Crippen molar-refractivity contribution in [3.05, 3.63) is 35.9 Å². The molecule has 0 radical (unpaired) electrons. The Balaban J connectivity index is 2.75. The van der Waals surface area contributed by atoms with E-state index in [-0.39, 0.29) is 11.9 Å². The summed E-state index contributed by atoms with van der Waals surface area (Å²) in [7, 11) is 1.49. The minimum absolute atomic E-state index is 0.0833. The number of ketones is 1. The van der Waals surface area contributed by atoms with Gasteiger partial charge in [0.05, 0.1) is 6.10 Å². The fourth-order valence-corrected chi connectivity index (χ4v) is 1.84. The predicted molar refractivity (Wildman–Crippen MR) is 71.3 cm³/mol. The predicted octanol–water partition coefficient (Wildman–Crippen LogP) is 3.50. The van der Waals surface area contributed by atoms with Gasteiger partial charge >= 0.3 is 0 Å². The minimum atomic E-state index is -0.771. The van der Waals surface area contributed by atoms with E-state index in [0.717, 1.165) is 24.8 Å². The fraction of sp³-hybridized carbons (Fsp3) is 0.533. The van der Waals surface area contributed by atoms with E-state index in [9.17, 15) is 4.79 Å². The maximum absolute atomic E-state index is 11.4. The molecule has 0 aliphatic rings. The van der Waals surface area contributed by atoms with Crippen molar-refractivity contribution < 1.29 is 14.3 Å². The molecule has 0 aromatic heterocycles. The highest BCUT2D eigenvalue weighted by Crippen LogP contribution is 2.25. The summed E-state index contributed by atoms with van der Waals surface area (Å²) >= 11 is 0. The van der Waals surface area contributed by atoms with Crippen molar-refractivity contribution in [2.24, 2.45) is 0 Å². The van der Waals surface area contributed by atoms with Crippen LogP contribution in [-0.4, -0.2) is 19.2 Å². The number of carbonyl (C=O) groups is 1. The lowest BCUT2D eigenvalue weighted by Crippen LogP contribution is -2.26. The molecule has 0 fully saturated rings. The number of unbranched alkanes of at least 4 members (excludes halogenated alkanes) is 1. The Morgan fingerprint density at radius 2 is 1.94 bits per heavy atom. The normalized spacial score (nSPS) is 14.2. The Morgan fingerprint density at radius 3 is 2.44 bits per heavy atom. The van der Waals surface area contributed by atoms with E-state index in [0.29, 0.717) is 0 Å². The molecule has 18 heavy (non-hydrogen) atoms. The number of hydrogen-bond donors (Lipinski definition) is 0. The van der Waals surface area contributed by atoms with Gasteiger partial charge in [-0.15, -0.1) is 0 Å². The maximum atomic E-state index is 11.4. The third-order valence-electron chi connectivity index (χ3n) is 2.83. The molecule has 0 aliphatic heterocycles. The van der Waals surface area contributed by atoms with Crippen molar-refractivity contribution in [3.63, 3.8) is 0 Å². The maximum Gasteiger partial charge on any atom is 0.217 e. The Kier molecular flexibility index (Phi) is 6.61. The van der Waals surface area contributed by atoms with Crippen LogP contribution in [0.25, 0.3) is 0 Å². The third-order valence-corrected chi connectivity index (χ3v) is 2.83. The van der Waals surface area contributed by atoms with Gasteiger partial charge in [-0.3, -0.25) is 4.79 Å². The zero-order chi connectivity index (χ0) is 13.4. The Hall–Kier alpha value is -1.19. The first-order valence-electron chi connectivity index (χ1n) is 6.42. The highest BCUT2D eigenvalue weighted by Gasteiger charge is 2.20. The van der Waals surface area contributed by atoms with E-state index >= 15 is 0 Å². The van der Waals surface area contributed by atoms with Crippen LogP contribution in [0.1, 0.15) is 44.8 Å². The molecule has 0 bridgehead atoms. The van der Waals surface area contributed by atoms with Gasteiger partial charge in [0, 0.05) is 7.11 Å². The third kappa shape index (κ3) is 4.59. The van der Waals surface area contributed by atoms with Crippen LogP contribution in [0.2, 0.25) is 0 Å². The molecule has 0 aliphatic carbocycles. The van der Waals surface area contributed by atoms with Crippen molar-refractivity contribution in [3.8, 4) is 0 Å². The summed E-state index contributed by atoms with van der Waals surface area (Å²) in [6.07, 6.45) is 2.21. The molecule has 3 nitrogen and oxygen atoms in total. The molecule has 0 saturated heterocycles. The Labute approximate surface area is 109 Å². The van der Waals surface area contributed by atoms with E-state index in [1.54, 1.807) is 0 Å². The molecule has 1 aromatic rings. The van der Waals surface area contributed by atoms with Crippen LogP contribution < -0.4 is 0 Å². The lowest BCUT2D eigenvalue weighted by atomic mass is 10.0. The van der Waals surface area contributed by atoms with Gasteiger partial charge in [0.25, 0.3) is 0 Å². The quantitative estimate of drug-likeness (QED) is 0.662. The summed E-state index contributed by atoms with van der Waals surface area (Å²) in [5.74, 6) is -0.102. The van der Waals surface area contributed by atoms with Gasteiger partial charge in [-0.25, -0.2) is 0 Å². The van der Waals surface area contributed by atoms with Crippen molar-refractivity contribution in [1.29, 1.82) is 0 Å². The van der Waals surface area contributed by atoms with Crippen molar-refractivity contribution >= 4 is 5.78 Å². The van der Waals surface area contributed by atoms with Crippen molar-refractivity contribution in [1.82, 2.24) is 0 Å². The van der Waals surface area contributed by atoms with E-state index in [4.69, 9.17) is 9.47 Å². The summed E-state index contributed by atoms with van der Waals surface area (Å²) in [6, 6.07) is 9.97. The summed E-state index contributed by atoms with van der Waals surface area (Å²) in [6.45, 7) is 3.62. The number of ether oxygens (including phenoxy) is 2. The second-order valence-corrected chi connectivity index (χ2v) is 4.36. The zero-order valence-corrected chi connectivity index (χ0v) is 11.4. The first kappa shape index (κ1) is 14.9. The number of methoxy groups -OCH3 is 1. The van der Waals surface area contributed by atoms with Gasteiger partial charge in [0.15, 0.2) is 5.78 Å². The molecule has 3 heteroatoms. The molecule has 0 heterocycles. The Morgan fingerprint density at radius 1 is 1.28 bits per heavy atom. The highest BCUT2D eigenvalue weighted by atomic mass is 16.7. The molecular weight excluding hydrogens is 228 g/mol. The number of rotatable bonds is 8. The second-order valence-electron chi connectivity index (χ2n) is 4.36. The molecule has 1 aromatic carbocycles. The fourth-order valence-electron chi connectivity index (χ4n) is 1.84. The van der Waals surface area contributed by atoms with Crippen LogP contribution >= 0.6 is 0 Å². The van der Waals surface area contributed by atoms with Gasteiger partial charge in [0.2, 0.25) is 6.29 Å². The zero-order valence-electron chi connectivity index (χ0n) is 11.4. The number of Topliss-reactive ketones (excluding diaryl/α,β-unsaturated/α-hetero) is 1. The van der Waals surface area contributed by atoms with Crippen molar-refractivity contribution in [2.45, 2.75) is 45.5 Å². The smallest absolute Gasteiger partial charge is 0.217 e. The molecule has 0 spiro atoms. The average molecular weight is 250 g/mol. The average Bonchev–Trinajstić information content (AvgIpc) is 2.39. The van der Waals surface area contributed by atoms with Crippen LogP contribution in [0.5, 0.6) is 0 Å². The van der Waals surface area contributed by atoms with E-state index in [1.165, 1.54) is 14.0 Å². The monoisotopic (exact) mass is 250 g/mol. The van der Waals surface area contributed by atoms with E-state index in [1.807, 2.05) is 30.3 Å². The van der Waals surface area contributed by atoms with Crippen LogP contribution in [0, 0.1) is 0 Å². The second kappa shape index (κ2) is 8.01. The van der Waals surface area contributed by atoms with E-state index < -0.39 is 6.29 Å². The van der Waals surface area contributed by atoms with Gasteiger partial charge in [-0.1, -0.05) is 50.1 Å². The van der Waals surface area contributed by atoms with Crippen molar-refractivity contribution in [2.75, 3.05) is 7.11 Å². The molecule has 100 valence electrons. The number of benzene rings is 1. The topological polar surface area (TPSA) is 35.5 Å². The molecular formula is C15H22O3. The molecule has 0 N–H and O–H groups in total. The summed E-state index contributed by atoms with van der Waals surface area (Å²) in [5, 5.41) is 0. The van der Waals surface area contributed by atoms with Gasteiger partial charge < -0.3 is 9.47 Å².